The number of anilines is 1. The third-order valence-corrected chi connectivity index (χ3v) is 3.38. The third kappa shape index (κ3) is 3.75. The normalized spacial score (nSPS) is 10.6. The van der Waals surface area contributed by atoms with Crippen LogP contribution in [0.4, 0.5) is 5.69 Å². The van der Waals surface area contributed by atoms with E-state index < -0.39 is 0 Å². The summed E-state index contributed by atoms with van der Waals surface area (Å²) in [6.07, 6.45) is 0. The maximum Gasteiger partial charge on any atom is 0.265 e. The fourth-order valence-electron chi connectivity index (χ4n) is 2.08. The molecule has 7 nitrogen and oxygen atoms in total. The molecule has 1 heterocycles. The summed E-state index contributed by atoms with van der Waals surface area (Å²) in [5.41, 5.74) is 1.88. The molecule has 0 spiro atoms. The van der Waals surface area contributed by atoms with Crippen LogP contribution in [0.2, 0.25) is 5.02 Å². The van der Waals surface area contributed by atoms with Gasteiger partial charge < -0.3 is 14.9 Å². The first-order chi connectivity index (χ1) is 11.7. The fourth-order valence-corrected chi connectivity index (χ4v) is 2.25. The lowest BCUT2D eigenvalue weighted by atomic mass is 10.3. The number of rotatable bonds is 6. The number of carbonyl (C=O) groups is 1. The second-order valence-corrected chi connectivity index (χ2v) is 5.31. The summed E-state index contributed by atoms with van der Waals surface area (Å²) in [5, 5.41) is 11.0. The van der Waals surface area contributed by atoms with Gasteiger partial charge in [-0.1, -0.05) is 16.4 Å². The molecule has 0 bridgehead atoms. The van der Waals surface area contributed by atoms with Gasteiger partial charge >= 0.3 is 0 Å². The number of carbonyl (C=O) groups excluding carboxylic acids is 1. The van der Waals surface area contributed by atoms with Gasteiger partial charge in [0.05, 0.1) is 6.61 Å². The number of amides is 1. The minimum atomic E-state index is -0.315. The van der Waals surface area contributed by atoms with Gasteiger partial charge in [-0.3, -0.25) is 4.79 Å². The second-order valence-electron chi connectivity index (χ2n) is 4.87. The number of fused-ring (bicyclic) bond motifs is 1. The third-order valence-electron chi connectivity index (χ3n) is 3.14. The summed E-state index contributed by atoms with van der Waals surface area (Å²) in [6.45, 7) is 2.29. The molecule has 0 aliphatic heterocycles. The summed E-state index contributed by atoms with van der Waals surface area (Å²) in [5.74, 6) is 0.433. The van der Waals surface area contributed by atoms with Crippen LogP contribution in [-0.2, 0) is 4.79 Å². The van der Waals surface area contributed by atoms with Gasteiger partial charge in [0, 0.05) is 10.7 Å². The zero-order valence-corrected chi connectivity index (χ0v) is 13.7. The van der Waals surface area contributed by atoms with Crippen molar-refractivity contribution in [2.45, 2.75) is 6.92 Å². The van der Waals surface area contributed by atoms with Crippen molar-refractivity contribution in [3.05, 3.63) is 47.5 Å². The van der Waals surface area contributed by atoms with Gasteiger partial charge in [-0.05, 0) is 54.6 Å². The van der Waals surface area contributed by atoms with E-state index in [-0.39, 0.29) is 12.5 Å². The van der Waals surface area contributed by atoms with Crippen LogP contribution in [0.25, 0.3) is 11.0 Å². The maximum atomic E-state index is 12.0. The minimum Gasteiger partial charge on any atom is -0.494 e. The summed E-state index contributed by atoms with van der Waals surface area (Å²) in [4.78, 5) is 18.5. The number of nitrogens with zero attached hydrogens (tertiary/aromatic N) is 3. The van der Waals surface area contributed by atoms with Crippen LogP contribution in [0.15, 0.2) is 42.5 Å². The summed E-state index contributed by atoms with van der Waals surface area (Å²) in [6, 6.07) is 12.2. The standard InChI is InChI=1S/C16H15ClN4O3/c1-2-23-13-6-4-12(5-7-13)18-16(22)10-24-21-15-9-11(17)3-8-14(15)19-20-21/h3-9H,2,10H2,1H3,(H,18,22). The van der Waals surface area contributed by atoms with Crippen LogP contribution in [-0.4, -0.2) is 34.3 Å². The van der Waals surface area contributed by atoms with Gasteiger partial charge in [-0.15, -0.1) is 5.10 Å². The summed E-state index contributed by atoms with van der Waals surface area (Å²) in [7, 11) is 0. The Balaban J connectivity index is 1.59. The number of ether oxygens (including phenoxy) is 1. The predicted molar refractivity (Wildman–Crippen MR) is 90.2 cm³/mol. The van der Waals surface area contributed by atoms with Gasteiger partial charge in [0.1, 0.15) is 16.8 Å². The van der Waals surface area contributed by atoms with E-state index >= 15 is 0 Å². The van der Waals surface area contributed by atoms with Crippen molar-refractivity contribution in [3.63, 3.8) is 0 Å². The second kappa shape index (κ2) is 7.18. The van der Waals surface area contributed by atoms with Crippen molar-refractivity contribution in [2.24, 2.45) is 0 Å². The fraction of sp³-hybridized carbons (Fsp3) is 0.188. The average Bonchev–Trinajstić information content (AvgIpc) is 2.97. The number of halogens is 1. The quantitative estimate of drug-likeness (QED) is 0.742. The molecule has 3 rings (SSSR count). The van der Waals surface area contributed by atoms with Crippen molar-refractivity contribution in [1.29, 1.82) is 0 Å². The maximum absolute atomic E-state index is 12.0. The highest BCUT2D eigenvalue weighted by Gasteiger charge is 2.09. The SMILES string of the molecule is CCOc1ccc(NC(=O)COn2nnc3ccc(Cl)cc32)cc1. The Kier molecular flexibility index (Phi) is 4.81. The molecule has 0 aliphatic carbocycles. The Labute approximate surface area is 143 Å². The highest BCUT2D eigenvalue weighted by atomic mass is 35.5. The number of hydrogen-bond donors (Lipinski definition) is 1. The number of nitrogens with one attached hydrogen (secondary N) is 1. The van der Waals surface area contributed by atoms with Crippen LogP contribution >= 0.6 is 11.6 Å². The molecule has 24 heavy (non-hydrogen) atoms. The van der Waals surface area contributed by atoms with E-state index in [0.717, 1.165) is 5.75 Å². The molecule has 124 valence electrons. The van der Waals surface area contributed by atoms with E-state index in [2.05, 4.69) is 15.6 Å². The molecule has 1 amide bonds. The Morgan fingerprint density at radius 1 is 1.25 bits per heavy atom. The van der Waals surface area contributed by atoms with Crippen LogP contribution in [0.5, 0.6) is 5.75 Å². The number of aromatic nitrogens is 3. The molecule has 1 N–H and O–H groups in total. The molecule has 0 atom stereocenters. The first-order valence-electron chi connectivity index (χ1n) is 7.32. The topological polar surface area (TPSA) is 78.3 Å². The van der Waals surface area contributed by atoms with Crippen LogP contribution in [0.1, 0.15) is 6.92 Å². The van der Waals surface area contributed by atoms with Crippen molar-refractivity contribution in [3.8, 4) is 5.75 Å². The Morgan fingerprint density at radius 2 is 2.04 bits per heavy atom. The van der Waals surface area contributed by atoms with Gasteiger partial charge in [-0.2, -0.15) is 0 Å². The van der Waals surface area contributed by atoms with E-state index in [1.807, 2.05) is 6.92 Å². The minimum absolute atomic E-state index is 0.210. The van der Waals surface area contributed by atoms with Crippen molar-refractivity contribution in [1.82, 2.24) is 15.2 Å². The van der Waals surface area contributed by atoms with E-state index in [9.17, 15) is 4.79 Å². The summed E-state index contributed by atoms with van der Waals surface area (Å²) >= 11 is 5.94. The van der Waals surface area contributed by atoms with Gasteiger partial charge in [0.25, 0.3) is 5.91 Å². The zero-order chi connectivity index (χ0) is 16.9. The summed E-state index contributed by atoms with van der Waals surface area (Å²) < 4.78 is 5.35. The smallest absolute Gasteiger partial charge is 0.265 e. The molecule has 3 aromatic rings. The first kappa shape index (κ1) is 16.1. The molecular formula is C16H15ClN4O3. The lowest BCUT2D eigenvalue weighted by Gasteiger charge is -2.08. The molecule has 0 aliphatic rings. The largest absolute Gasteiger partial charge is 0.494 e. The predicted octanol–water partition coefficient (Wildman–Crippen LogP) is 2.55. The molecule has 1 aromatic heterocycles. The first-order valence-corrected chi connectivity index (χ1v) is 7.70. The Hall–Kier alpha value is -2.80. The van der Waals surface area contributed by atoms with Gasteiger partial charge in [0.2, 0.25) is 0 Å². The van der Waals surface area contributed by atoms with Crippen molar-refractivity contribution >= 4 is 34.2 Å². The van der Waals surface area contributed by atoms with Crippen molar-refractivity contribution in [2.75, 3.05) is 18.5 Å². The molecule has 0 unspecified atom stereocenters. The monoisotopic (exact) mass is 346 g/mol. The van der Waals surface area contributed by atoms with Crippen LogP contribution in [0, 0.1) is 0 Å². The molecule has 0 radical (unpaired) electrons. The van der Waals surface area contributed by atoms with E-state index in [4.69, 9.17) is 21.2 Å². The number of hydrogen-bond acceptors (Lipinski definition) is 5. The van der Waals surface area contributed by atoms with Crippen LogP contribution < -0.4 is 14.9 Å². The lowest BCUT2D eigenvalue weighted by molar-refractivity contribution is -0.121. The van der Waals surface area contributed by atoms with E-state index in [0.29, 0.717) is 28.4 Å². The molecule has 0 saturated carbocycles. The molecular weight excluding hydrogens is 332 g/mol. The van der Waals surface area contributed by atoms with Gasteiger partial charge in [0.15, 0.2) is 6.61 Å². The van der Waals surface area contributed by atoms with E-state index in [1.165, 1.54) is 4.85 Å². The Morgan fingerprint density at radius 3 is 2.79 bits per heavy atom. The highest BCUT2D eigenvalue weighted by molar-refractivity contribution is 6.31. The van der Waals surface area contributed by atoms with Crippen LogP contribution in [0.3, 0.4) is 0 Å². The number of benzene rings is 2. The Bertz CT molecular complexity index is 848. The highest BCUT2D eigenvalue weighted by Crippen LogP contribution is 2.17. The average molecular weight is 347 g/mol. The zero-order valence-electron chi connectivity index (χ0n) is 12.9. The van der Waals surface area contributed by atoms with E-state index in [1.54, 1.807) is 42.5 Å². The van der Waals surface area contributed by atoms with Gasteiger partial charge in [-0.25, -0.2) is 0 Å². The molecule has 8 heteroatoms. The van der Waals surface area contributed by atoms with Crippen molar-refractivity contribution < 1.29 is 14.4 Å². The molecule has 0 fully saturated rings. The molecule has 0 saturated heterocycles. The lowest BCUT2D eigenvalue weighted by Crippen LogP contribution is -2.26. The molecule has 2 aromatic carbocycles.